The first-order valence-electron chi connectivity index (χ1n) is 7.28. The molecule has 0 aliphatic carbocycles. The number of piperidine rings is 1. The van der Waals surface area contributed by atoms with Gasteiger partial charge >= 0.3 is 0 Å². The summed E-state index contributed by atoms with van der Waals surface area (Å²) < 4.78 is 0. The summed E-state index contributed by atoms with van der Waals surface area (Å²) >= 11 is 0. The molecular formula is C15H24N4O. The SMILES string of the molecule is CN(C)c1ccncc1NC(=O)CCC1CCCNC1. The molecule has 1 aromatic rings. The molecule has 2 N–H and O–H groups in total. The Balaban J connectivity index is 1.85. The van der Waals surface area contributed by atoms with Gasteiger partial charge in [0.2, 0.25) is 5.91 Å². The lowest BCUT2D eigenvalue weighted by molar-refractivity contribution is -0.116. The fraction of sp³-hybridized carbons (Fsp3) is 0.600. The molecule has 1 unspecified atom stereocenters. The maximum absolute atomic E-state index is 12.1. The number of amides is 1. The normalized spacial score (nSPS) is 18.6. The Labute approximate surface area is 120 Å². The zero-order valence-electron chi connectivity index (χ0n) is 12.4. The van der Waals surface area contributed by atoms with Gasteiger partial charge in [-0.2, -0.15) is 0 Å². The van der Waals surface area contributed by atoms with Crippen LogP contribution < -0.4 is 15.5 Å². The second-order valence-electron chi connectivity index (χ2n) is 5.59. The van der Waals surface area contributed by atoms with Gasteiger partial charge in [-0.25, -0.2) is 0 Å². The van der Waals surface area contributed by atoms with E-state index < -0.39 is 0 Å². The molecule has 2 rings (SSSR count). The van der Waals surface area contributed by atoms with E-state index in [1.807, 2.05) is 25.1 Å². The zero-order valence-corrected chi connectivity index (χ0v) is 12.4. The number of aromatic nitrogens is 1. The van der Waals surface area contributed by atoms with Crippen molar-refractivity contribution in [2.75, 3.05) is 37.4 Å². The summed E-state index contributed by atoms with van der Waals surface area (Å²) in [5, 5.41) is 6.35. The molecule has 110 valence electrons. The standard InChI is InChI=1S/C15H24N4O/c1-19(2)14-7-9-17-11-13(14)18-15(20)6-5-12-4-3-8-16-10-12/h7,9,11-12,16H,3-6,8,10H2,1-2H3,(H,18,20). The van der Waals surface area contributed by atoms with Gasteiger partial charge < -0.3 is 15.5 Å². The van der Waals surface area contributed by atoms with Crippen molar-refractivity contribution in [3.05, 3.63) is 18.5 Å². The Morgan fingerprint density at radius 3 is 3.10 bits per heavy atom. The van der Waals surface area contributed by atoms with Crippen LogP contribution in [-0.2, 0) is 4.79 Å². The summed E-state index contributed by atoms with van der Waals surface area (Å²) in [5.74, 6) is 0.711. The minimum absolute atomic E-state index is 0.0756. The predicted octanol–water partition coefficient (Wildman–Crippen LogP) is 1.87. The van der Waals surface area contributed by atoms with Crippen molar-refractivity contribution in [3.63, 3.8) is 0 Å². The number of hydrogen-bond donors (Lipinski definition) is 2. The van der Waals surface area contributed by atoms with Gasteiger partial charge in [0.15, 0.2) is 0 Å². The third-order valence-corrected chi connectivity index (χ3v) is 3.73. The van der Waals surface area contributed by atoms with Gasteiger partial charge in [0.05, 0.1) is 17.6 Å². The lowest BCUT2D eigenvalue weighted by atomic mass is 9.94. The molecule has 5 heteroatoms. The lowest BCUT2D eigenvalue weighted by Crippen LogP contribution is -2.30. The Bertz CT molecular complexity index is 441. The molecule has 1 aliphatic rings. The third-order valence-electron chi connectivity index (χ3n) is 3.73. The Kier molecular flexibility index (Phi) is 5.35. The summed E-state index contributed by atoms with van der Waals surface area (Å²) in [6.45, 7) is 2.16. The minimum atomic E-state index is 0.0756. The van der Waals surface area contributed by atoms with E-state index in [1.54, 1.807) is 12.4 Å². The summed E-state index contributed by atoms with van der Waals surface area (Å²) in [6.07, 6.45) is 7.42. The average Bonchev–Trinajstić information content (AvgIpc) is 2.46. The van der Waals surface area contributed by atoms with Crippen LogP contribution in [0.1, 0.15) is 25.7 Å². The molecule has 1 fully saturated rings. The van der Waals surface area contributed by atoms with Crippen LogP contribution in [-0.4, -0.2) is 38.1 Å². The largest absolute Gasteiger partial charge is 0.376 e. The molecule has 0 aromatic carbocycles. The van der Waals surface area contributed by atoms with E-state index in [9.17, 15) is 4.79 Å². The van der Waals surface area contributed by atoms with E-state index in [0.717, 1.165) is 30.9 Å². The van der Waals surface area contributed by atoms with Crippen LogP contribution in [0.15, 0.2) is 18.5 Å². The van der Waals surface area contributed by atoms with Crippen LogP contribution in [0.4, 0.5) is 11.4 Å². The van der Waals surface area contributed by atoms with E-state index >= 15 is 0 Å². The predicted molar refractivity (Wildman–Crippen MR) is 82.0 cm³/mol. The van der Waals surface area contributed by atoms with Crippen molar-refractivity contribution in [2.24, 2.45) is 5.92 Å². The van der Waals surface area contributed by atoms with Crippen molar-refractivity contribution in [3.8, 4) is 0 Å². The number of carbonyl (C=O) groups excluding carboxylic acids is 1. The van der Waals surface area contributed by atoms with Crippen molar-refractivity contribution < 1.29 is 4.79 Å². The summed E-state index contributed by atoms with van der Waals surface area (Å²) in [6, 6.07) is 1.90. The third kappa shape index (κ3) is 4.20. The van der Waals surface area contributed by atoms with Gasteiger partial charge in [0, 0.05) is 26.7 Å². The van der Waals surface area contributed by atoms with Crippen LogP contribution in [0.3, 0.4) is 0 Å². The molecule has 1 aromatic heterocycles. The second kappa shape index (κ2) is 7.24. The van der Waals surface area contributed by atoms with Crippen LogP contribution in [0.2, 0.25) is 0 Å². The topological polar surface area (TPSA) is 57.3 Å². The monoisotopic (exact) mass is 276 g/mol. The quantitative estimate of drug-likeness (QED) is 0.862. The summed E-state index contributed by atoms with van der Waals surface area (Å²) in [4.78, 5) is 18.1. The maximum atomic E-state index is 12.1. The maximum Gasteiger partial charge on any atom is 0.224 e. The zero-order chi connectivity index (χ0) is 14.4. The molecule has 0 radical (unpaired) electrons. The van der Waals surface area contributed by atoms with Gasteiger partial charge in [0.25, 0.3) is 0 Å². The van der Waals surface area contributed by atoms with E-state index in [1.165, 1.54) is 12.8 Å². The molecule has 0 saturated carbocycles. The highest BCUT2D eigenvalue weighted by Gasteiger charge is 2.15. The molecule has 20 heavy (non-hydrogen) atoms. The summed E-state index contributed by atoms with van der Waals surface area (Å²) in [7, 11) is 3.91. The first-order chi connectivity index (χ1) is 9.66. The van der Waals surface area contributed by atoms with Crippen molar-refractivity contribution in [2.45, 2.75) is 25.7 Å². The molecule has 0 spiro atoms. The van der Waals surface area contributed by atoms with Crippen LogP contribution in [0, 0.1) is 5.92 Å². The highest BCUT2D eigenvalue weighted by Crippen LogP contribution is 2.23. The average molecular weight is 276 g/mol. The van der Waals surface area contributed by atoms with Gasteiger partial charge in [0.1, 0.15) is 0 Å². The highest BCUT2D eigenvalue weighted by molar-refractivity contribution is 5.93. The molecule has 1 amide bonds. The first kappa shape index (κ1) is 14.8. The second-order valence-corrected chi connectivity index (χ2v) is 5.59. The van der Waals surface area contributed by atoms with Crippen LogP contribution >= 0.6 is 0 Å². The number of rotatable bonds is 5. The highest BCUT2D eigenvalue weighted by atomic mass is 16.1. The van der Waals surface area contributed by atoms with Gasteiger partial charge in [-0.15, -0.1) is 0 Å². The Morgan fingerprint density at radius 1 is 1.55 bits per heavy atom. The minimum Gasteiger partial charge on any atom is -0.376 e. The number of pyridine rings is 1. The van der Waals surface area contributed by atoms with Gasteiger partial charge in [-0.05, 0) is 44.3 Å². The molecule has 2 heterocycles. The van der Waals surface area contributed by atoms with Crippen LogP contribution in [0.5, 0.6) is 0 Å². The Hall–Kier alpha value is -1.62. The Morgan fingerprint density at radius 2 is 2.40 bits per heavy atom. The fourth-order valence-electron chi connectivity index (χ4n) is 2.59. The first-order valence-corrected chi connectivity index (χ1v) is 7.28. The number of nitrogens with one attached hydrogen (secondary N) is 2. The lowest BCUT2D eigenvalue weighted by Gasteiger charge is -2.22. The number of anilines is 2. The molecule has 1 aliphatic heterocycles. The summed E-state index contributed by atoms with van der Waals surface area (Å²) in [5.41, 5.74) is 1.76. The van der Waals surface area contributed by atoms with E-state index in [0.29, 0.717) is 12.3 Å². The van der Waals surface area contributed by atoms with Crippen molar-refractivity contribution in [1.29, 1.82) is 0 Å². The smallest absolute Gasteiger partial charge is 0.224 e. The fourth-order valence-corrected chi connectivity index (χ4v) is 2.59. The van der Waals surface area contributed by atoms with Gasteiger partial charge in [-0.1, -0.05) is 0 Å². The van der Waals surface area contributed by atoms with E-state index in [-0.39, 0.29) is 5.91 Å². The van der Waals surface area contributed by atoms with Gasteiger partial charge in [-0.3, -0.25) is 9.78 Å². The molecule has 0 bridgehead atoms. The molecule has 1 saturated heterocycles. The number of hydrogen-bond acceptors (Lipinski definition) is 4. The molecule has 5 nitrogen and oxygen atoms in total. The molecular weight excluding hydrogens is 252 g/mol. The van der Waals surface area contributed by atoms with Crippen molar-refractivity contribution in [1.82, 2.24) is 10.3 Å². The molecule has 1 atom stereocenters. The van der Waals surface area contributed by atoms with E-state index in [2.05, 4.69) is 15.6 Å². The van der Waals surface area contributed by atoms with Crippen molar-refractivity contribution >= 4 is 17.3 Å². The van der Waals surface area contributed by atoms with Crippen LogP contribution in [0.25, 0.3) is 0 Å². The number of nitrogens with zero attached hydrogens (tertiary/aromatic N) is 2. The number of carbonyl (C=O) groups is 1. The van der Waals surface area contributed by atoms with E-state index in [4.69, 9.17) is 0 Å².